The van der Waals surface area contributed by atoms with Crippen molar-refractivity contribution in [2.45, 2.75) is 12.8 Å². The Labute approximate surface area is 43.1 Å². The van der Waals surface area contributed by atoms with Gasteiger partial charge in [0.2, 0.25) is 0 Å². The molecule has 0 bridgehead atoms. The molecule has 0 saturated carbocycles. The summed E-state index contributed by atoms with van der Waals surface area (Å²) in [6.45, 7) is 0.929. The minimum Gasteiger partial charge on any atom is -0.404 e. The van der Waals surface area contributed by atoms with Crippen molar-refractivity contribution in [1.82, 2.24) is 0 Å². The van der Waals surface area contributed by atoms with E-state index in [0.717, 1.165) is 24.3 Å². The fourth-order valence-corrected chi connectivity index (χ4v) is 0.779. The van der Waals surface area contributed by atoms with E-state index in [1.807, 2.05) is 0 Å². The van der Waals surface area contributed by atoms with Crippen LogP contribution < -0.4 is 4.90 Å². The molecule has 2 nitrogen and oxygen atoms in total. The maximum atomic E-state index is 10.5. The van der Waals surface area contributed by atoms with Crippen LogP contribution in [0.3, 0.4) is 0 Å². The summed E-state index contributed by atoms with van der Waals surface area (Å²) in [7, 11) is 3.59. The quantitative estimate of drug-likeness (QED) is 0.386. The van der Waals surface area contributed by atoms with E-state index in [1.54, 1.807) is 0 Å². The summed E-state index contributed by atoms with van der Waals surface area (Å²) < 4.78 is 0. The Hall–Kier alpha value is -0.370. The van der Waals surface area contributed by atoms with Crippen molar-refractivity contribution in [2.75, 3.05) is 6.54 Å². The molecule has 0 radical (unpaired) electrons. The van der Waals surface area contributed by atoms with Crippen LogP contribution in [0.4, 0.5) is 0 Å². The highest BCUT2D eigenvalue weighted by atomic mass is 16.2. The first-order chi connectivity index (χ1) is 3.30. The summed E-state index contributed by atoms with van der Waals surface area (Å²) in [5.74, 6) is 0.264. The second-order valence-corrected chi connectivity index (χ2v) is 1.88. The van der Waals surface area contributed by atoms with E-state index in [4.69, 9.17) is 0 Å². The van der Waals surface area contributed by atoms with Gasteiger partial charge in [0.15, 0.2) is 0 Å². The SMILES string of the molecule is [CH2-][NH+]1CCCC1=O. The van der Waals surface area contributed by atoms with Crippen LogP contribution in [-0.2, 0) is 4.79 Å². The van der Waals surface area contributed by atoms with Gasteiger partial charge in [0.25, 0.3) is 5.91 Å². The van der Waals surface area contributed by atoms with Crippen LogP contribution in [0, 0.1) is 7.05 Å². The Morgan fingerprint density at radius 1 is 1.71 bits per heavy atom. The minimum absolute atomic E-state index is 0.264. The molecule has 1 N–H and O–H groups in total. The van der Waals surface area contributed by atoms with E-state index < -0.39 is 0 Å². The Balaban J connectivity index is 2.48. The van der Waals surface area contributed by atoms with Gasteiger partial charge < -0.3 is 4.90 Å². The second-order valence-electron chi connectivity index (χ2n) is 1.88. The van der Waals surface area contributed by atoms with Crippen molar-refractivity contribution in [3.63, 3.8) is 0 Å². The molecule has 1 unspecified atom stereocenters. The Kier molecular flexibility index (Phi) is 1.11. The number of quaternary nitrogens is 1. The zero-order valence-corrected chi connectivity index (χ0v) is 4.24. The van der Waals surface area contributed by atoms with Gasteiger partial charge in [-0.05, 0) is 0 Å². The Bertz CT molecular complexity index is 90.1. The van der Waals surface area contributed by atoms with Gasteiger partial charge in [0.1, 0.15) is 0 Å². The van der Waals surface area contributed by atoms with Gasteiger partial charge in [-0.3, -0.25) is 0 Å². The van der Waals surface area contributed by atoms with E-state index in [0.29, 0.717) is 0 Å². The third kappa shape index (κ3) is 0.800. The van der Waals surface area contributed by atoms with Crippen LogP contribution in [0.25, 0.3) is 0 Å². The van der Waals surface area contributed by atoms with E-state index >= 15 is 0 Å². The van der Waals surface area contributed by atoms with Crippen molar-refractivity contribution in [3.05, 3.63) is 7.05 Å². The smallest absolute Gasteiger partial charge is 0.286 e. The average Bonchev–Trinajstić information content (AvgIpc) is 1.91. The van der Waals surface area contributed by atoms with Crippen LogP contribution in [0.15, 0.2) is 0 Å². The number of carbonyl (C=O) groups is 1. The fourth-order valence-electron chi connectivity index (χ4n) is 0.779. The molecule has 1 fully saturated rings. The molecule has 1 atom stereocenters. The van der Waals surface area contributed by atoms with Crippen LogP contribution >= 0.6 is 0 Å². The van der Waals surface area contributed by atoms with E-state index in [2.05, 4.69) is 7.05 Å². The molecule has 0 aromatic heterocycles. The standard InChI is InChI=1S/C5H9NO/c1-6-4-2-3-5(6)7/h6H,1-4H2. The molecule has 1 heterocycles. The first-order valence-electron chi connectivity index (χ1n) is 2.51. The van der Waals surface area contributed by atoms with Crippen molar-refractivity contribution in [2.24, 2.45) is 0 Å². The van der Waals surface area contributed by atoms with E-state index in [-0.39, 0.29) is 5.91 Å². The fraction of sp³-hybridized carbons (Fsp3) is 0.600. The largest absolute Gasteiger partial charge is 0.404 e. The molecule has 0 aromatic rings. The maximum Gasteiger partial charge on any atom is 0.286 e. The molecule has 1 saturated heterocycles. The number of nitrogens with one attached hydrogen (secondary N) is 1. The number of hydrogen-bond acceptors (Lipinski definition) is 1. The Morgan fingerprint density at radius 2 is 2.43 bits per heavy atom. The highest BCUT2D eigenvalue weighted by Crippen LogP contribution is 1.88. The summed E-state index contributed by atoms with van der Waals surface area (Å²) in [5, 5.41) is 0. The molecule has 1 aliphatic heterocycles. The second kappa shape index (κ2) is 1.62. The lowest BCUT2D eigenvalue weighted by Gasteiger charge is -2.06. The Morgan fingerprint density at radius 3 is 2.57 bits per heavy atom. The molecule has 0 aliphatic carbocycles. The van der Waals surface area contributed by atoms with Crippen molar-refractivity contribution in [1.29, 1.82) is 0 Å². The monoisotopic (exact) mass is 99.1 g/mol. The molecule has 0 aromatic carbocycles. The number of hydrogen-bond donors (Lipinski definition) is 1. The van der Waals surface area contributed by atoms with Gasteiger partial charge in [-0.1, -0.05) is 0 Å². The van der Waals surface area contributed by atoms with Gasteiger partial charge in [0, 0.05) is 6.42 Å². The summed E-state index contributed by atoms with van der Waals surface area (Å²) in [4.78, 5) is 11.3. The summed E-state index contributed by atoms with van der Waals surface area (Å²) in [6.07, 6.45) is 1.76. The van der Waals surface area contributed by atoms with Crippen LogP contribution in [0.2, 0.25) is 0 Å². The summed E-state index contributed by atoms with van der Waals surface area (Å²) >= 11 is 0. The highest BCUT2D eigenvalue weighted by Gasteiger charge is 2.15. The number of likely N-dealkylation sites (tertiary alicyclic amines) is 1. The van der Waals surface area contributed by atoms with Crippen molar-refractivity contribution < 1.29 is 9.69 Å². The van der Waals surface area contributed by atoms with Crippen LogP contribution in [0.5, 0.6) is 0 Å². The third-order valence-electron chi connectivity index (χ3n) is 1.28. The van der Waals surface area contributed by atoms with Gasteiger partial charge >= 0.3 is 0 Å². The summed E-state index contributed by atoms with van der Waals surface area (Å²) in [5.41, 5.74) is 0. The van der Waals surface area contributed by atoms with E-state index in [9.17, 15) is 4.79 Å². The molecular weight excluding hydrogens is 90.1 g/mol. The normalized spacial score (nSPS) is 31.6. The first-order valence-corrected chi connectivity index (χ1v) is 2.51. The molecule has 0 spiro atoms. The zero-order chi connectivity index (χ0) is 5.28. The molecule has 40 valence electrons. The molecule has 1 aliphatic rings. The van der Waals surface area contributed by atoms with Crippen LogP contribution in [0.1, 0.15) is 12.8 Å². The molecule has 7 heavy (non-hydrogen) atoms. The first kappa shape index (κ1) is 4.78. The molecule has 1 amide bonds. The average molecular weight is 99.1 g/mol. The van der Waals surface area contributed by atoms with Crippen molar-refractivity contribution >= 4 is 5.91 Å². The lowest BCUT2D eigenvalue weighted by Crippen LogP contribution is -3.07. The molecular formula is C5H9NO. The maximum absolute atomic E-state index is 10.5. The van der Waals surface area contributed by atoms with Gasteiger partial charge in [-0.2, -0.15) is 0 Å². The number of amides is 1. The topological polar surface area (TPSA) is 21.5 Å². The van der Waals surface area contributed by atoms with Crippen molar-refractivity contribution in [3.8, 4) is 0 Å². The van der Waals surface area contributed by atoms with Gasteiger partial charge in [-0.25, -0.2) is 4.79 Å². The van der Waals surface area contributed by atoms with E-state index in [1.165, 1.54) is 0 Å². The highest BCUT2D eigenvalue weighted by molar-refractivity contribution is 5.67. The van der Waals surface area contributed by atoms with Gasteiger partial charge in [-0.15, -0.1) is 7.05 Å². The van der Waals surface area contributed by atoms with Gasteiger partial charge in [0.05, 0.1) is 13.0 Å². The number of carbonyl (C=O) groups excluding carboxylic acids is 1. The number of rotatable bonds is 0. The molecule has 2 heteroatoms. The lowest BCUT2D eigenvalue weighted by molar-refractivity contribution is -0.760. The minimum atomic E-state index is 0.264. The zero-order valence-electron chi connectivity index (χ0n) is 4.24. The van der Waals surface area contributed by atoms with Crippen LogP contribution in [-0.4, -0.2) is 12.5 Å². The predicted octanol–water partition coefficient (Wildman–Crippen LogP) is -1.02. The summed E-state index contributed by atoms with van der Waals surface area (Å²) in [6, 6.07) is 0. The lowest BCUT2D eigenvalue weighted by atomic mass is 10.4. The molecule has 1 rings (SSSR count). The third-order valence-corrected chi connectivity index (χ3v) is 1.28. The predicted molar refractivity (Wildman–Crippen MR) is 25.4 cm³/mol.